The highest BCUT2D eigenvalue weighted by atomic mass is 127. The second kappa shape index (κ2) is 4.34. The van der Waals surface area contributed by atoms with Crippen LogP contribution in [0.3, 0.4) is 0 Å². The number of aliphatic hydroxyl groups is 1. The van der Waals surface area contributed by atoms with Crippen LogP contribution < -0.4 is 0 Å². The van der Waals surface area contributed by atoms with Crippen molar-refractivity contribution in [2.75, 3.05) is 0 Å². The molecule has 0 aliphatic carbocycles. The Morgan fingerprint density at radius 3 is 2.71 bits per heavy atom. The van der Waals surface area contributed by atoms with Crippen LogP contribution in [0.5, 0.6) is 0 Å². The Morgan fingerprint density at radius 2 is 2.29 bits per heavy atom. The minimum atomic E-state index is -0.589. The number of nitro benzene ring substituents is 1. The van der Waals surface area contributed by atoms with Crippen molar-refractivity contribution in [1.82, 2.24) is 0 Å². The first-order valence-electron chi connectivity index (χ1n) is 3.58. The topological polar surface area (TPSA) is 87.2 Å². The predicted molar refractivity (Wildman–Crippen MR) is 56.5 cm³/mol. The zero-order valence-corrected chi connectivity index (χ0v) is 9.06. The average Bonchev–Trinajstić information content (AvgIpc) is 2.16. The molecule has 0 saturated heterocycles. The van der Waals surface area contributed by atoms with Crippen LogP contribution in [0.1, 0.15) is 11.1 Å². The van der Waals surface area contributed by atoms with Gasteiger partial charge in [-0.2, -0.15) is 5.26 Å². The highest BCUT2D eigenvalue weighted by Crippen LogP contribution is 2.28. The first kappa shape index (κ1) is 10.9. The Hall–Kier alpha value is -1.20. The normalized spacial score (nSPS) is 9.50. The van der Waals surface area contributed by atoms with Crippen molar-refractivity contribution in [2.24, 2.45) is 0 Å². The molecule has 0 heterocycles. The monoisotopic (exact) mass is 304 g/mol. The van der Waals surface area contributed by atoms with Gasteiger partial charge in [-0.25, -0.2) is 0 Å². The highest BCUT2D eigenvalue weighted by molar-refractivity contribution is 14.1. The molecule has 0 fully saturated rings. The van der Waals surface area contributed by atoms with Crippen LogP contribution in [-0.2, 0) is 6.61 Å². The van der Waals surface area contributed by atoms with Crippen LogP contribution in [-0.4, -0.2) is 10.0 Å². The van der Waals surface area contributed by atoms with Crippen LogP contribution >= 0.6 is 22.6 Å². The van der Waals surface area contributed by atoms with Crippen LogP contribution in [0.15, 0.2) is 12.1 Å². The Kier molecular flexibility index (Phi) is 3.38. The van der Waals surface area contributed by atoms with Gasteiger partial charge in [0.05, 0.1) is 32.3 Å². The third-order valence-corrected chi connectivity index (χ3v) is 2.57. The van der Waals surface area contributed by atoms with Crippen molar-refractivity contribution >= 4 is 28.3 Å². The third kappa shape index (κ3) is 1.83. The lowest BCUT2D eigenvalue weighted by atomic mass is 10.1. The fourth-order valence-electron chi connectivity index (χ4n) is 1.07. The van der Waals surface area contributed by atoms with Gasteiger partial charge in [0.1, 0.15) is 0 Å². The maximum absolute atomic E-state index is 10.6. The molecule has 0 unspecified atom stereocenters. The van der Waals surface area contributed by atoms with Gasteiger partial charge in [0.15, 0.2) is 0 Å². The molecule has 0 aliphatic rings. The molecule has 6 heteroatoms. The summed E-state index contributed by atoms with van der Waals surface area (Å²) in [6, 6.07) is 4.74. The van der Waals surface area contributed by atoms with E-state index in [0.717, 1.165) is 0 Å². The Bertz CT molecular complexity index is 425. The van der Waals surface area contributed by atoms with Gasteiger partial charge in [-0.1, -0.05) is 0 Å². The molecule has 0 spiro atoms. The van der Waals surface area contributed by atoms with E-state index in [9.17, 15) is 10.1 Å². The van der Waals surface area contributed by atoms with Crippen LogP contribution in [0.2, 0.25) is 0 Å². The molecule has 1 aromatic rings. The molecule has 1 N–H and O–H groups in total. The molecule has 0 bridgehead atoms. The summed E-state index contributed by atoms with van der Waals surface area (Å²) in [6.07, 6.45) is 0. The van der Waals surface area contributed by atoms with Crippen LogP contribution in [0, 0.1) is 25.0 Å². The van der Waals surface area contributed by atoms with Gasteiger partial charge < -0.3 is 5.11 Å². The number of rotatable bonds is 2. The number of benzene rings is 1. The summed E-state index contributed by atoms with van der Waals surface area (Å²) >= 11 is 1.80. The van der Waals surface area contributed by atoms with E-state index in [1.807, 2.05) is 0 Å². The van der Waals surface area contributed by atoms with Crippen LogP contribution in [0.25, 0.3) is 0 Å². The van der Waals surface area contributed by atoms with E-state index in [1.165, 1.54) is 12.1 Å². The predicted octanol–water partition coefficient (Wildman–Crippen LogP) is 1.56. The standard InChI is InChI=1S/C8H5IN2O3/c9-7-2-1-5(3-10)6(4-12)8(7)11(13)14/h1-2,12H,4H2. The molecule has 0 amide bonds. The average molecular weight is 304 g/mol. The molecule has 14 heavy (non-hydrogen) atoms. The maximum Gasteiger partial charge on any atom is 0.289 e. The fraction of sp³-hybridized carbons (Fsp3) is 0.125. The lowest BCUT2D eigenvalue weighted by Gasteiger charge is -2.02. The zero-order valence-electron chi connectivity index (χ0n) is 6.90. The van der Waals surface area contributed by atoms with E-state index >= 15 is 0 Å². The van der Waals surface area contributed by atoms with Gasteiger partial charge >= 0.3 is 0 Å². The van der Waals surface area contributed by atoms with Gasteiger partial charge in [0, 0.05) is 0 Å². The first-order chi connectivity index (χ1) is 6.61. The third-order valence-electron chi connectivity index (χ3n) is 1.69. The van der Waals surface area contributed by atoms with Crippen molar-refractivity contribution in [3.05, 3.63) is 36.9 Å². The van der Waals surface area contributed by atoms with E-state index in [1.54, 1.807) is 28.7 Å². The Morgan fingerprint density at radius 1 is 1.64 bits per heavy atom. The number of nitrogens with zero attached hydrogens (tertiary/aromatic N) is 2. The molecule has 5 nitrogen and oxygen atoms in total. The minimum absolute atomic E-state index is 0.0735. The van der Waals surface area contributed by atoms with Gasteiger partial charge in [0.2, 0.25) is 0 Å². The first-order valence-corrected chi connectivity index (χ1v) is 4.66. The molecule has 0 saturated carbocycles. The van der Waals surface area contributed by atoms with Gasteiger partial charge in [-0.15, -0.1) is 0 Å². The molecule has 72 valence electrons. The SMILES string of the molecule is N#Cc1ccc(I)c([N+](=O)[O-])c1CO. The molecule has 0 atom stereocenters. The van der Waals surface area contributed by atoms with E-state index < -0.39 is 11.5 Å². The van der Waals surface area contributed by atoms with Crippen molar-refractivity contribution in [2.45, 2.75) is 6.61 Å². The van der Waals surface area contributed by atoms with Crippen LogP contribution in [0.4, 0.5) is 5.69 Å². The zero-order chi connectivity index (χ0) is 10.7. The van der Waals surface area contributed by atoms with Gasteiger partial charge in [0.25, 0.3) is 5.69 Å². The van der Waals surface area contributed by atoms with Gasteiger partial charge in [-0.3, -0.25) is 10.1 Å². The summed E-state index contributed by atoms with van der Waals surface area (Å²) in [5.74, 6) is 0. The lowest BCUT2D eigenvalue weighted by molar-refractivity contribution is -0.386. The van der Waals surface area contributed by atoms with Crippen molar-refractivity contribution < 1.29 is 10.0 Å². The van der Waals surface area contributed by atoms with E-state index in [-0.39, 0.29) is 16.8 Å². The molecular weight excluding hydrogens is 299 g/mol. The summed E-state index contributed by atoms with van der Waals surface area (Å²) in [5, 5.41) is 28.3. The van der Waals surface area contributed by atoms with Crippen molar-refractivity contribution in [3.8, 4) is 6.07 Å². The fourth-order valence-corrected chi connectivity index (χ4v) is 1.77. The quantitative estimate of drug-likeness (QED) is 0.510. The molecule has 0 aliphatic heterocycles. The number of hydrogen-bond acceptors (Lipinski definition) is 4. The van der Waals surface area contributed by atoms with Crippen molar-refractivity contribution in [3.63, 3.8) is 0 Å². The second-order valence-electron chi connectivity index (χ2n) is 2.45. The largest absolute Gasteiger partial charge is 0.391 e. The summed E-state index contributed by atoms with van der Waals surface area (Å²) < 4.78 is 0.413. The molecule has 1 rings (SSSR count). The number of nitriles is 1. The Labute approximate surface area is 93.3 Å². The number of hydrogen-bond donors (Lipinski definition) is 1. The molecular formula is C8H5IN2O3. The highest BCUT2D eigenvalue weighted by Gasteiger charge is 2.20. The number of halogens is 1. The molecule has 0 radical (unpaired) electrons. The smallest absolute Gasteiger partial charge is 0.289 e. The van der Waals surface area contributed by atoms with E-state index in [0.29, 0.717) is 3.57 Å². The second-order valence-corrected chi connectivity index (χ2v) is 3.61. The maximum atomic E-state index is 10.6. The number of aliphatic hydroxyl groups excluding tert-OH is 1. The van der Waals surface area contributed by atoms with Crippen molar-refractivity contribution in [1.29, 1.82) is 5.26 Å². The summed E-state index contributed by atoms with van der Waals surface area (Å²) in [4.78, 5) is 10.1. The van der Waals surface area contributed by atoms with Gasteiger partial charge in [-0.05, 0) is 34.7 Å². The lowest BCUT2D eigenvalue weighted by Crippen LogP contribution is -2.00. The molecule has 0 aromatic heterocycles. The molecule has 1 aromatic carbocycles. The summed E-state index contributed by atoms with van der Waals surface area (Å²) in [6.45, 7) is -0.504. The minimum Gasteiger partial charge on any atom is -0.391 e. The summed E-state index contributed by atoms with van der Waals surface area (Å²) in [5.41, 5.74) is 0.0242. The Balaban J connectivity index is 3.53. The van der Waals surface area contributed by atoms with E-state index in [4.69, 9.17) is 10.4 Å². The van der Waals surface area contributed by atoms with E-state index in [2.05, 4.69) is 0 Å². The number of nitro groups is 1. The summed E-state index contributed by atoms with van der Waals surface area (Å²) in [7, 11) is 0.